The van der Waals surface area contributed by atoms with Crippen molar-refractivity contribution in [3.8, 4) is 22.9 Å². The molecule has 7 nitrogen and oxygen atoms in total. The second-order valence-corrected chi connectivity index (χ2v) is 8.46. The van der Waals surface area contributed by atoms with Gasteiger partial charge in [0, 0.05) is 5.69 Å². The van der Waals surface area contributed by atoms with Crippen LogP contribution in [0.25, 0.3) is 5.69 Å². The second-order valence-electron chi connectivity index (χ2n) is 8.02. The molecule has 37 heavy (non-hydrogen) atoms. The first kappa shape index (κ1) is 25.8. The van der Waals surface area contributed by atoms with Crippen LogP contribution in [0.5, 0.6) is 17.2 Å². The fraction of sp³-hybridized carbons (Fsp3) is 0.172. The topological polar surface area (TPSA) is 84.9 Å². The normalized spacial score (nSPS) is 10.5. The van der Waals surface area contributed by atoms with Crippen molar-refractivity contribution in [3.63, 3.8) is 0 Å². The van der Waals surface area contributed by atoms with Gasteiger partial charge >= 0.3 is 5.97 Å². The fourth-order valence-electron chi connectivity index (χ4n) is 3.85. The minimum atomic E-state index is -0.589. The molecule has 0 aliphatic heterocycles. The lowest BCUT2D eigenvalue weighted by Crippen LogP contribution is -2.19. The van der Waals surface area contributed by atoms with Gasteiger partial charge in [-0.05, 0) is 42.3 Å². The first-order chi connectivity index (χ1) is 18.0. The summed E-state index contributed by atoms with van der Waals surface area (Å²) in [7, 11) is 1.58. The average molecular weight is 517 g/mol. The van der Waals surface area contributed by atoms with Gasteiger partial charge in [0.15, 0.2) is 17.2 Å². The summed E-state index contributed by atoms with van der Waals surface area (Å²) in [4.78, 5) is 13.4. The van der Waals surface area contributed by atoms with Gasteiger partial charge in [0.2, 0.25) is 0 Å². The molecule has 0 bridgehead atoms. The Morgan fingerprint density at radius 3 is 1.78 bits per heavy atom. The highest BCUT2D eigenvalue weighted by Gasteiger charge is 2.33. The molecule has 0 atom stereocenters. The van der Waals surface area contributed by atoms with Crippen LogP contribution in [0.15, 0.2) is 84.9 Å². The smallest absolute Gasteiger partial charge is 0.359 e. The molecule has 0 aliphatic carbocycles. The Balaban J connectivity index is 1.90. The number of aromatic nitrogens is 1. The highest BCUT2D eigenvalue weighted by atomic mass is 32.1. The number of rotatable bonds is 11. The van der Waals surface area contributed by atoms with Gasteiger partial charge in [-0.3, -0.25) is 4.57 Å². The number of hydrogen-bond acceptors (Lipinski definition) is 6. The third kappa shape index (κ3) is 5.92. The summed E-state index contributed by atoms with van der Waals surface area (Å²) < 4.78 is 24.9. The van der Waals surface area contributed by atoms with Crippen molar-refractivity contribution in [2.24, 2.45) is 5.73 Å². The molecule has 0 radical (unpaired) electrons. The van der Waals surface area contributed by atoms with Crippen molar-refractivity contribution >= 4 is 23.2 Å². The van der Waals surface area contributed by atoms with E-state index in [2.05, 4.69) is 0 Å². The summed E-state index contributed by atoms with van der Waals surface area (Å²) in [6.45, 7) is 2.32. The van der Waals surface area contributed by atoms with E-state index in [1.165, 1.54) is 0 Å². The third-order valence-electron chi connectivity index (χ3n) is 5.57. The van der Waals surface area contributed by atoms with E-state index in [0.717, 1.165) is 11.1 Å². The van der Waals surface area contributed by atoms with E-state index >= 15 is 0 Å². The number of ether oxygens (including phenoxy) is 4. The van der Waals surface area contributed by atoms with Gasteiger partial charge < -0.3 is 24.7 Å². The van der Waals surface area contributed by atoms with Crippen LogP contribution in [0.1, 0.15) is 34.2 Å². The fourth-order valence-corrected chi connectivity index (χ4v) is 4.04. The zero-order valence-corrected chi connectivity index (χ0v) is 21.5. The molecule has 190 valence electrons. The van der Waals surface area contributed by atoms with Gasteiger partial charge in [0.25, 0.3) is 0 Å². The minimum absolute atomic E-state index is 0.0407. The van der Waals surface area contributed by atoms with Gasteiger partial charge in [-0.15, -0.1) is 0 Å². The number of nitrogens with two attached hydrogens (primary N) is 1. The molecule has 1 heterocycles. The monoisotopic (exact) mass is 516 g/mol. The van der Waals surface area contributed by atoms with Crippen molar-refractivity contribution < 1.29 is 23.7 Å². The van der Waals surface area contributed by atoms with Gasteiger partial charge in [-0.1, -0.05) is 72.9 Å². The highest BCUT2D eigenvalue weighted by molar-refractivity contribution is 7.80. The second kappa shape index (κ2) is 12.1. The van der Waals surface area contributed by atoms with Crippen LogP contribution in [0.3, 0.4) is 0 Å². The number of carbonyl (C=O) groups excluding carboxylic acids is 1. The molecule has 0 aliphatic rings. The van der Waals surface area contributed by atoms with E-state index in [1.54, 1.807) is 42.9 Å². The number of carbonyl (C=O) groups is 1. The van der Waals surface area contributed by atoms with Crippen molar-refractivity contribution in [1.82, 2.24) is 4.57 Å². The summed E-state index contributed by atoms with van der Waals surface area (Å²) in [5.41, 5.74) is 9.17. The minimum Gasteiger partial charge on any atom is -0.497 e. The Bertz CT molecular complexity index is 1350. The lowest BCUT2D eigenvalue weighted by atomic mass is 10.2. The van der Waals surface area contributed by atoms with Crippen LogP contribution >= 0.6 is 12.2 Å². The maximum Gasteiger partial charge on any atom is 0.359 e. The molecule has 0 saturated heterocycles. The van der Waals surface area contributed by atoms with Crippen LogP contribution in [-0.2, 0) is 18.0 Å². The SMILES string of the molecule is CCOC(=O)c1c(OCc2ccccc2)c(OCc2ccccc2)c(C(N)=S)n1-c1ccc(OC)cc1. The Kier molecular flexibility index (Phi) is 8.43. The molecule has 0 saturated carbocycles. The van der Waals surface area contributed by atoms with Crippen molar-refractivity contribution in [1.29, 1.82) is 0 Å². The molecular formula is C29H28N2O5S. The first-order valence-electron chi connectivity index (χ1n) is 11.8. The molecule has 4 rings (SSSR count). The number of benzene rings is 3. The number of nitrogens with zero attached hydrogens (tertiary/aromatic N) is 1. The number of methoxy groups -OCH3 is 1. The third-order valence-corrected chi connectivity index (χ3v) is 5.76. The summed E-state index contributed by atoms with van der Waals surface area (Å²) in [6, 6.07) is 26.4. The first-order valence-corrected chi connectivity index (χ1v) is 12.2. The molecule has 0 amide bonds. The maximum absolute atomic E-state index is 13.4. The quantitative estimate of drug-likeness (QED) is 0.209. The maximum atomic E-state index is 13.4. The lowest BCUT2D eigenvalue weighted by molar-refractivity contribution is 0.0511. The Morgan fingerprint density at radius 1 is 0.811 bits per heavy atom. The molecule has 2 N–H and O–H groups in total. The van der Waals surface area contributed by atoms with E-state index in [-0.39, 0.29) is 42.0 Å². The molecule has 0 fully saturated rings. The molecule has 0 unspecified atom stereocenters. The summed E-state index contributed by atoms with van der Waals surface area (Å²) in [5, 5.41) is 0. The van der Waals surface area contributed by atoms with E-state index in [1.807, 2.05) is 60.7 Å². The Morgan fingerprint density at radius 2 is 1.32 bits per heavy atom. The zero-order valence-electron chi connectivity index (χ0n) is 20.7. The molecule has 8 heteroatoms. The van der Waals surface area contributed by atoms with E-state index in [4.69, 9.17) is 36.9 Å². The van der Waals surface area contributed by atoms with Crippen molar-refractivity contribution in [2.75, 3.05) is 13.7 Å². The van der Waals surface area contributed by atoms with Gasteiger partial charge in [0.05, 0.1) is 13.7 Å². The summed E-state index contributed by atoms with van der Waals surface area (Å²) >= 11 is 5.46. The number of esters is 1. The van der Waals surface area contributed by atoms with Gasteiger partial charge in [-0.25, -0.2) is 4.79 Å². The predicted octanol–water partition coefficient (Wildman–Crippen LogP) is 5.45. The van der Waals surface area contributed by atoms with Crippen LogP contribution in [0, 0.1) is 0 Å². The standard InChI is InChI=1S/C29H28N2O5S/c1-3-34-29(32)25-27(36-19-21-12-8-5-9-13-21)26(35-18-20-10-6-4-7-11-20)24(28(30)37)31(25)22-14-16-23(33-2)17-15-22/h4-17H,3,18-19H2,1-2H3,(H2,30,37). The van der Waals surface area contributed by atoms with Crippen LogP contribution in [0.4, 0.5) is 0 Å². The van der Waals surface area contributed by atoms with Crippen LogP contribution in [-0.4, -0.2) is 29.2 Å². The summed E-state index contributed by atoms with van der Waals surface area (Å²) in [5.74, 6) is 0.544. The average Bonchev–Trinajstić information content (AvgIpc) is 3.26. The van der Waals surface area contributed by atoms with E-state index < -0.39 is 5.97 Å². The molecule has 3 aromatic carbocycles. The predicted molar refractivity (Wildman–Crippen MR) is 146 cm³/mol. The van der Waals surface area contributed by atoms with Crippen molar-refractivity contribution in [2.45, 2.75) is 20.1 Å². The molecule has 4 aromatic rings. The lowest BCUT2D eigenvalue weighted by Gasteiger charge is -2.13. The Hall–Kier alpha value is -4.30. The summed E-state index contributed by atoms with van der Waals surface area (Å²) in [6.07, 6.45) is 0. The van der Waals surface area contributed by atoms with Gasteiger partial charge in [0.1, 0.15) is 29.6 Å². The number of thiocarbonyl (C=S) groups is 1. The largest absolute Gasteiger partial charge is 0.497 e. The number of hydrogen-bond donors (Lipinski definition) is 1. The molecule has 1 aromatic heterocycles. The van der Waals surface area contributed by atoms with Crippen molar-refractivity contribution in [3.05, 3.63) is 107 Å². The highest BCUT2D eigenvalue weighted by Crippen LogP contribution is 2.42. The Labute approximate surface area is 221 Å². The van der Waals surface area contributed by atoms with E-state index in [9.17, 15) is 4.79 Å². The van der Waals surface area contributed by atoms with Crippen LogP contribution < -0.4 is 19.9 Å². The molecular weight excluding hydrogens is 488 g/mol. The molecule has 0 spiro atoms. The van der Waals surface area contributed by atoms with E-state index in [0.29, 0.717) is 17.1 Å². The van der Waals surface area contributed by atoms with Gasteiger partial charge in [-0.2, -0.15) is 0 Å². The zero-order chi connectivity index (χ0) is 26.2. The van der Waals surface area contributed by atoms with Crippen LogP contribution in [0.2, 0.25) is 0 Å².